The molecule has 2 heterocycles. The van der Waals surface area contributed by atoms with Crippen LogP contribution in [0.4, 0.5) is 0 Å². The highest BCUT2D eigenvalue weighted by atomic mass is 79.9. The van der Waals surface area contributed by atoms with Crippen LogP contribution >= 0.6 is 15.9 Å². The van der Waals surface area contributed by atoms with E-state index in [9.17, 15) is 4.79 Å². The number of ether oxygens (including phenoxy) is 2. The van der Waals surface area contributed by atoms with Gasteiger partial charge < -0.3 is 14.4 Å². The van der Waals surface area contributed by atoms with E-state index in [4.69, 9.17) is 14.7 Å². The molecule has 7 nitrogen and oxygen atoms in total. The van der Waals surface area contributed by atoms with Crippen molar-refractivity contribution in [3.8, 4) is 17.7 Å². The summed E-state index contributed by atoms with van der Waals surface area (Å²) in [5, 5.41) is 9.10. The molecule has 1 fully saturated rings. The van der Waals surface area contributed by atoms with Gasteiger partial charge in [-0.1, -0.05) is 0 Å². The zero-order valence-corrected chi connectivity index (χ0v) is 15.8. The number of rotatable bonds is 4. The second-order valence-corrected chi connectivity index (χ2v) is 6.66. The molecule has 1 unspecified atom stereocenters. The van der Waals surface area contributed by atoms with Crippen molar-refractivity contribution >= 4 is 21.8 Å². The molecule has 1 saturated heterocycles. The lowest BCUT2D eigenvalue weighted by Crippen LogP contribution is -2.44. The van der Waals surface area contributed by atoms with Crippen molar-refractivity contribution in [3.63, 3.8) is 0 Å². The molecule has 1 atom stereocenters. The van der Waals surface area contributed by atoms with Crippen LogP contribution in [0.25, 0.3) is 0 Å². The van der Waals surface area contributed by atoms with E-state index in [1.165, 1.54) is 12.4 Å². The zero-order chi connectivity index (χ0) is 18.5. The first kappa shape index (κ1) is 18.1. The Labute approximate surface area is 159 Å². The van der Waals surface area contributed by atoms with Crippen LogP contribution in [-0.2, 0) is 0 Å². The van der Waals surface area contributed by atoms with E-state index in [0.717, 1.165) is 12.8 Å². The Balaban J connectivity index is 1.74. The number of aromatic nitrogens is 2. The van der Waals surface area contributed by atoms with Gasteiger partial charge in [0.15, 0.2) is 0 Å². The molecule has 0 saturated carbocycles. The lowest BCUT2D eigenvalue weighted by molar-refractivity contribution is 0.0525. The molecule has 1 aromatic carbocycles. The highest BCUT2D eigenvalue weighted by Crippen LogP contribution is 2.26. The molecule has 1 aromatic heterocycles. The van der Waals surface area contributed by atoms with Crippen LogP contribution in [0.1, 0.15) is 28.9 Å². The second-order valence-electron chi connectivity index (χ2n) is 5.80. The lowest BCUT2D eigenvalue weighted by atomic mass is 10.1. The van der Waals surface area contributed by atoms with Crippen LogP contribution in [0.3, 0.4) is 0 Å². The minimum atomic E-state index is -0.235. The average molecular weight is 417 g/mol. The van der Waals surface area contributed by atoms with E-state index < -0.39 is 0 Å². The monoisotopic (exact) mass is 416 g/mol. The number of likely N-dealkylation sites (tertiary alicyclic amines) is 1. The van der Waals surface area contributed by atoms with Gasteiger partial charge in [-0.15, -0.1) is 0 Å². The predicted octanol–water partition coefficient (Wildman–Crippen LogP) is 2.80. The van der Waals surface area contributed by atoms with Crippen LogP contribution in [0.2, 0.25) is 0 Å². The second kappa shape index (κ2) is 8.15. The molecule has 1 amide bonds. The molecule has 8 heteroatoms. The Morgan fingerprint density at radius 1 is 1.38 bits per heavy atom. The first-order valence-electron chi connectivity index (χ1n) is 8.13. The van der Waals surface area contributed by atoms with E-state index >= 15 is 0 Å². The Kier molecular flexibility index (Phi) is 5.68. The lowest BCUT2D eigenvalue weighted by Gasteiger charge is -2.33. The van der Waals surface area contributed by atoms with Gasteiger partial charge in [0.05, 0.1) is 19.2 Å². The number of hydrogen-bond donors (Lipinski definition) is 0. The molecule has 0 N–H and O–H groups in total. The fourth-order valence-corrected chi connectivity index (χ4v) is 3.25. The van der Waals surface area contributed by atoms with Gasteiger partial charge in [0.1, 0.15) is 17.9 Å². The van der Waals surface area contributed by atoms with Gasteiger partial charge in [0.25, 0.3) is 11.8 Å². The zero-order valence-electron chi connectivity index (χ0n) is 14.2. The number of amides is 1. The van der Waals surface area contributed by atoms with Crippen LogP contribution in [0, 0.1) is 11.3 Å². The average Bonchev–Trinajstić information content (AvgIpc) is 2.68. The summed E-state index contributed by atoms with van der Waals surface area (Å²) in [6.07, 6.45) is 4.28. The Morgan fingerprint density at radius 2 is 2.19 bits per heavy atom. The third-order valence-corrected chi connectivity index (χ3v) is 4.81. The van der Waals surface area contributed by atoms with Crippen LogP contribution in [0.5, 0.6) is 11.6 Å². The van der Waals surface area contributed by atoms with Crippen molar-refractivity contribution in [2.75, 3.05) is 20.2 Å². The summed E-state index contributed by atoms with van der Waals surface area (Å²) in [4.78, 5) is 22.7. The molecule has 2 aromatic rings. The maximum Gasteiger partial charge on any atom is 0.255 e. The van der Waals surface area contributed by atoms with Crippen molar-refractivity contribution < 1.29 is 14.3 Å². The molecule has 1 aliphatic rings. The van der Waals surface area contributed by atoms with Gasteiger partial charge in [-0.2, -0.15) is 5.26 Å². The highest BCUT2D eigenvalue weighted by Gasteiger charge is 2.28. The van der Waals surface area contributed by atoms with Crippen LogP contribution < -0.4 is 9.47 Å². The minimum absolute atomic E-state index is 0.0938. The molecule has 26 heavy (non-hydrogen) atoms. The summed E-state index contributed by atoms with van der Waals surface area (Å²) in [6, 6.07) is 7.27. The minimum Gasteiger partial charge on any atom is -0.497 e. The molecule has 134 valence electrons. The molecule has 0 radical (unpaired) electrons. The number of carbonyl (C=O) groups excluding carboxylic acids is 1. The van der Waals surface area contributed by atoms with E-state index in [0.29, 0.717) is 28.9 Å². The molecule has 1 aliphatic heterocycles. The molecule has 0 bridgehead atoms. The van der Waals surface area contributed by atoms with Crippen LogP contribution in [0.15, 0.2) is 35.1 Å². The summed E-state index contributed by atoms with van der Waals surface area (Å²) in [7, 11) is 1.57. The fraction of sp³-hybridized carbons (Fsp3) is 0.333. The summed E-state index contributed by atoms with van der Waals surface area (Å²) in [5.74, 6) is 0.736. The maximum atomic E-state index is 12.9. The molecule has 3 rings (SSSR count). The number of halogens is 1. The van der Waals surface area contributed by atoms with Crippen molar-refractivity contribution in [1.82, 2.24) is 14.9 Å². The Morgan fingerprint density at radius 3 is 2.96 bits per heavy atom. The maximum absolute atomic E-state index is 12.9. The number of nitrogens with zero attached hydrogens (tertiary/aromatic N) is 4. The largest absolute Gasteiger partial charge is 0.497 e. The highest BCUT2D eigenvalue weighted by molar-refractivity contribution is 9.10. The van der Waals surface area contributed by atoms with Crippen molar-refractivity contribution in [2.24, 2.45) is 0 Å². The molecular weight excluding hydrogens is 400 g/mol. The topological polar surface area (TPSA) is 88.3 Å². The van der Waals surface area contributed by atoms with E-state index in [1.807, 2.05) is 6.07 Å². The standard InChI is InChI=1S/C18H17BrN4O3/c1-25-12-4-5-15(19)14(9-12)18(24)23-8-2-3-13(11-23)26-17-16(10-20)21-6-7-22-17/h4-7,9,13H,2-3,8,11H2,1H3. The summed E-state index contributed by atoms with van der Waals surface area (Å²) in [5.41, 5.74) is 0.689. The normalized spacial score (nSPS) is 16.7. The molecule has 0 spiro atoms. The SMILES string of the molecule is COc1ccc(Br)c(C(=O)N2CCCC(Oc3nccnc3C#N)C2)c1. The number of nitriles is 1. The van der Waals surface area contributed by atoms with Crippen molar-refractivity contribution in [2.45, 2.75) is 18.9 Å². The van der Waals surface area contributed by atoms with Crippen molar-refractivity contribution in [3.05, 3.63) is 46.3 Å². The number of carbonyl (C=O) groups is 1. The van der Waals surface area contributed by atoms with Crippen LogP contribution in [-0.4, -0.2) is 47.1 Å². The van der Waals surface area contributed by atoms with Crippen molar-refractivity contribution in [1.29, 1.82) is 5.26 Å². The third kappa shape index (κ3) is 3.94. The number of hydrogen-bond acceptors (Lipinski definition) is 6. The van der Waals surface area contributed by atoms with Gasteiger partial charge in [0.2, 0.25) is 5.69 Å². The van der Waals surface area contributed by atoms with Gasteiger partial charge in [0, 0.05) is 23.4 Å². The summed E-state index contributed by atoms with van der Waals surface area (Å²) >= 11 is 3.43. The van der Waals surface area contributed by atoms with E-state index in [-0.39, 0.29) is 23.6 Å². The summed E-state index contributed by atoms with van der Waals surface area (Å²) < 4.78 is 11.8. The van der Waals surface area contributed by atoms with Gasteiger partial charge in [-0.3, -0.25) is 4.79 Å². The van der Waals surface area contributed by atoms with Gasteiger partial charge >= 0.3 is 0 Å². The smallest absolute Gasteiger partial charge is 0.255 e. The Bertz CT molecular complexity index is 853. The first-order valence-corrected chi connectivity index (χ1v) is 8.92. The van der Waals surface area contributed by atoms with E-state index in [2.05, 4.69) is 25.9 Å². The molecular formula is C18H17BrN4O3. The molecule has 0 aliphatic carbocycles. The quantitative estimate of drug-likeness (QED) is 0.760. The van der Waals surface area contributed by atoms with Gasteiger partial charge in [-0.05, 0) is 47.0 Å². The Hall–Kier alpha value is -2.66. The first-order chi connectivity index (χ1) is 12.6. The fourth-order valence-electron chi connectivity index (χ4n) is 2.83. The van der Waals surface area contributed by atoms with E-state index in [1.54, 1.807) is 30.2 Å². The third-order valence-electron chi connectivity index (χ3n) is 4.12. The predicted molar refractivity (Wildman–Crippen MR) is 97.0 cm³/mol. The summed E-state index contributed by atoms with van der Waals surface area (Å²) in [6.45, 7) is 1.07. The number of methoxy groups -OCH3 is 1. The number of piperidine rings is 1. The number of benzene rings is 1. The van der Waals surface area contributed by atoms with Gasteiger partial charge in [-0.25, -0.2) is 9.97 Å².